The Kier molecular flexibility index (Phi) is 2.21. The molecule has 0 aromatic heterocycles. The monoisotopic (exact) mass is 211 g/mol. The van der Waals surface area contributed by atoms with Crippen molar-refractivity contribution >= 4 is 17.5 Å². The van der Waals surface area contributed by atoms with E-state index in [9.17, 15) is 4.79 Å². The summed E-state index contributed by atoms with van der Waals surface area (Å²) in [6.45, 7) is 0.730. The quantitative estimate of drug-likeness (QED) is 0.796. The molecule has 1 saturated heterocycles. The number of ether oxygens (including phenoxy) is 1. The fraction of sp³-hybridized carbons (Fsp3) is 0.300. The van der Waals surface area contributed by atoms with Crippen LogP contribution in [0.3, 0.4) is 0 Å². The number of rotatable bonds is 2. The Hall–Kier alpha value is -1.06. The van der Waals surface area contributed by atoms with Crippen LogP contribution < -0.4 is 5.73 Å². The molecule has 1 aliphatic rings. The predicted molar refractivity (Wildman–Crippen MR) is 53.1 cm³/mol. The Labute approximate surface area is 86.8 Å². The molecule has 2 rings (SSSR count). The normalized spacial score (nSPS) is 18.6. The van der Waals surface area contributed by atoms with Gasteiger partial charge in [-0.1, -0.05) is 23.7 Å². The predicted octanol–water partition coefficient (Wildman–Crippen LogP) is 1.09. The minimum absolute atomic E-state index is 0.342. The average Bonchev–Trinajstić information content (AvgIpc) is 2.05. The maximum Gasteiger partial charge on any atom is 0.232 e. The van der Waals surface area contributed by atoms with Crippen LogP contribution in [0.25, 0.3) is 0 Å². The summed E-state index contributed by atoms with van der Waals surface area (Å²) in [6, 6.07) is 7.13. The maximum atomic E-state index is 11.3. The first-order chi connectivity index (χ1) is 6.65. The summed E-state index contributed by atoms with van der Waals surface area (Å²) in [5.41, 5.74) is 5.59. The van der Waals surface area contributed by atoms with Gasteiger partial charge in [0.1, 0.15) is 5.41 Å². The molecular weight excluding hydrogens is 202 g/mol. The van der Waals surface area contributed by atoms with Gasteiger partial charge in [-0.2, -0.15) is 0 Å². The molecule has 0 radical (unpaired) electrons. The first kappa shape index (κ1) is 9.49. The van der Waals surface area contributed by atoms with Crippen molar-refractivity contribution < 1.29 is 9.53 Å². The molecule has 0 bridgehead atoms. The van der Waals surface area contributed by atoms with Crippen LogP contribution in [0.4, 0.5) is 0 Å². The molecule has 1 heterocycles. The third-order valence-electron chi connectivity index (χ3n) is 2.57. The number of primary amides is 1. The highest BCUT2D eigenvalue weighted by Gasteiger charge is 2.45. The summed E-state index contributed by atoms with van der Waals surface area (Å²) < 4.78 is 5.05. The fourth-order valence-corrected chi connectivity index (χ4v) is 1.65. The molecule has 0 unspecified atom stereocenters. The van der Waals surface area contributed by atoms with Gasteiger partial charge >= 0.3 is 0 Å². The van der Waals surface area contributed by atoms with E-state index in [1.54, 1.807) is 12.1 Å². The summed E-state index contributed by atoms with van der Waals surface area (Å²) >= 11 is 5.76. The SMILES string of the molecule is NC(=O)C1(c2ccc(Cl)cc2)COC1. The van der Waals surface area contributed by atoms with Crippen LogP contribution in [-0.4, -0.2) is 19.1 Å². The van der Waals surface area contributed by atoms with Crippen molar-refractivity contribution in [1.29, 1.82) is 0 Å². The molecule has 0 aliphatic carbocycles. The summed E-state index contributed by atoms with van der Waals surface area (Å²) in [6.07, 6.45) is 0. The van der Waals surface area contributed by atoms with E-state index < -0.39 is 5.41 Å². The van der Waals surface area contributed by atoms with Crippen LogP contribution in [0.2, 0.25) is 5.02 Å². The van der Waals surface area contributed by atoms with Gasteiger partial charge in [0.2, 0.25) is 5.91 Å². The molecule has 2 N–H and O–H groups in total. The summed E-state index contributed by atoms with van der Waals surface area (Å²) in [4.78, 5) is 11.3. The van der Waals surface area contributed by atoms with Crippen molar-refractivity contribution in [3.8, 4) is 0 Å². The van der Waals surface area contributed by atoms with E-state index in [4.69, 9.17) is 22.1 Å². The maximum absolute atomic E-state index is 11.3. The van der Waals surface area contributed by atoms with Gasteiger partial charge in [0.25, 0.3) is 0 Å². The summed E-state index contributed by atoms with van der Waals surface area (Å²) in [5.74, 6) is -0.342. The fourth-order valence-electron chi connectivity index (χ4n) is 1.53. The van der Waals surface area contributed by atoms with Crippen LogP contribution in [0.1, 0.15) is 5.56 Å². The molecule has 1 amide bonds. The van der Waals surface area contributed by atoms with Gasteiger partial charge in [0.15, 0.2) is 0 Å². The van der Waals surface area contributed by atoms with E-state index >= 15 is 0 Å². The Morgan fingerprint density at radius 1 is 1.36 bits per heavy atom. The molecule has 0 saturated carbocycles. The highest BCUT2D eigenvalue weighted by atomic mass is 35.5. The van der Waals surface area contributed by atoms with Gasteiger partial charge < -0.3 is 10.5 Å². The van der Waals surface area contributed by atoms with Gasteiger partial charge in [-0.15, -0.1) is 0 Å². The van der Waals surface area contributed by atoms with Crippen LogP contribution in [-0.2, 0) is 14.9 Å². The number of halogens is 1. The van der Waals surface area contributed by atoms with Crippen molar-refractivity contribution in [2.45, 2.75) is 5.41 Å². The zero-order valence-corrected chi connectivity index (χ0v) is 8.25. The highest BCUT2D eigenvalue weighted by Crippen LogP contribution is 2.32. The number of amides is 1. The van der Waals surface area contributed by atoms with E-state index in [0.717, 1.165) is 5.56 Å². The minimum atomic E-state index is -0.634. The molecule has 1 fully saturated rings. The summed E-state index contributed by atoms with van der Waals surface area (Å²) in [5, 5.41) is 0.647. The van der Waals surface area contributed by atoms with E-state index in [1.807, 2.05) is 12.1 Å². The zero-order chi connectivity index (χ0) is 10.2. The lowest BCUT2D eigenvalue weighted by molar-refractivity contribution is -0.141. The van der Waals surface area contributed by atoms with Gasteiger partial charge in [-0.25, -0.2) is 0 Å². The smallest absolute Gasteiger partial charge is 0.232 e. The van der Waals surface area contributed by atoms with Gasteiger partial charge in [0, 0.05) is 5.02 Å². The lowest BCUT2D eigenvalue weighted by atomic mass is 9.78. The van der Waals surface area contributed by atoms with Crippen molar-refractivity contribution in [3.05, 3.63) is 34.9 Å². The summed E-state index contributed by atoms with van der Waals surface area (Å²) in [7, 11) is 0. The van der Waals surface area contributed by atoms with Crippen LogP contribution in [0.5, 0.6) is 0 Å². The number of hydrogen-bond acceptors (Lipinski definition) is 2. The molecular formula is C10H10ClNO2. The van der Waals surface area contributed by atoms with E-state index in [-0.39, 0.29) is 5.91 Å². The first-order valence-electron chi connectivity index (χ1n) is 4.29. The second-order valence-electron chi connectivity index (χ2n) is 3.45. The Balaban J connectivity index is 2.37. The van der Waals surface area contributed by atoms with E-state index in [2.05, 4.69) is 0 Å². The topological polar surface area (TPSA) is 52.3 Å². The van der Waals surface area contributed by atoms with Crippen LogP contribution in [0, 0.1) is 0 Å². The number of hydrogen-bond donors (Lipinski definition) is 1. The van der Waals surface area contributed by atoms with Crippen LogP contribution in [0.15, 0.2) is 24.3 Å². The van der Waals surface area contributed by atoms with E-state index in [1.165, 1.54) is 0 Å². The van der Waals surface area contributed by atoms with Crippen molar-refractivity contribution in [3.63, 3.8) is 0 Å². The molecule has 0 atom stereocenters. The average molecular weight is 212 g/mol. The van der Waals surface area contributed by atoms with Gasteiger partial charge in [0.05, 0.1) is 13.2 Å². The number of carbonyl (C=O) groups is 1. The Morgan fingerprint density at radius 3 is 2.29 bits per heavy atom. The molecule has 1 aromatic carbocycles. The Bertz CT molecular complexity index is 357. The molecule has 3 nitrogen and oxygen atoms in total. The molecule has 0 spiro atoms. The number of benzene rings is 1. The second-order valence-corrected chi connectivity index (χ2v) is 3.88. The third kappa shape index (κ3) is 1.29. The molecule has 14 heavy (non-hydrogen) atoms. The molecule has 74 valence electrons. The minimum Gasteiger partial charge on any atom is -0.378 e. The number of nitrogens with two attached hydrogens (primary N) is 1. The molecule has 1 aromatic rings. The molecule has 4 heteroatoms. The Morgan fingerprint density at radius 2 is 1.93 bits per heavy atom. The second kappa shape index (κ2) is 3.26. The highest BCUT2D eigenvalue weighted by molar-refractivity contribution is 6.30. The van der Waals surface area contributed by atoms with Crippen molar-refractivity contribution in [1.82, 2.24) is 0 Å². The zero-order valence-electron chi connectivity index (χ0n) is 7.50. The number of carbonyl (C=O) groups excluding carboxylic acids is 1. The van der Waals surface area contributed by atoms with Crippen LogP contribution >= 0.6 is 11.6 Å². The largest absolute Gasteiger partial charge is 0.378 e. The first-order valence-corrected chi connectivity index (χ1v) is 4.67. The third-order valence-corrected chi connectivity index (χ3v) is 2.82. The van der Waals surface area contributed by atoms with Gasteiger partial charge in [-0.05, 0) is 17.7 Å². The van der Waals surface area contributed by atoms with Gasteiger partial charge in [-0.3, -0.25) is 4.79 Å². The lowest BCUT2D eigenvalue weighted by Gasteiger charge is -2.38. The van der Waals surface area contributed by atoms with Crippen molar-refractivity contribution in [2.24, 2.45) is 5.73 Å². The van der Waals surface area contributed by atoms with Crippen molar-refractivity contribution in [2.75, 3.05) is 13.2 Å². The lowest BCUT2D eigenvalue weighted by Crippen LogP contribution is -2.56. The standard InChI is InChI=1S/C10H10ClNO2/c11-8-3-1-7(2-4-8)10(9(12)13)5-14-6-10/h1-4H,5-6H2,(H2,12,13). The van der Waals surface area contributed by atoms with E-state index in [0.29, 0.717) is 18.2 Å². The molecule has 1 aliphatic heterocycles.